The van der Waals surface area contributed by atoms with Crippen molar-refractivity contribution in [3.8, 4) is 11.6 Å². The van der Waals surface area contributed by atoms with Crippen LogP contribution in [0.1, 0.15) is 48.4 Å². The Labute approximate surface area is 167 Å². The number of pyridine rings is 2. The van der Waals surface area contributed by atoms with Crippen molar-refractivity contribution < 1.29 is 4.74 Å². The third-order valence-electron chi connectivity index (χ3n) is 5.22. The standard InChI is InChI=1S/C24H27N3O/c1-5-6-7-9-19-13-17(3)22(18(4)14-19)27-20-12-16(2)15-26-24(20)28-21-10-8-11-25-23(21)27/h8,10-15H,5-7,9H2,1-4H3. The van der Waals surface area contributed by atoms with Gasteiger partial charge in [-0.2, -0.15) is 0 Å². The van der Waals surface area contributed by atoms with Gasteiger partial charge in [-0.05, 0) is 74.1 Å². The first-order valence-corrected chi connectivity index (χ1v) is 10.1. The van der Waals surface area contributed by atoms with Gasteiger partial charge < -0.3 is 4.74 Å². The second kappa shape index (κ2) is 7.63. The number of aromatic nitrogens is 2. The van der Waals surface area contributed by atoms with E-state index in [0.717, 1.165) is 34.9 Å². The first kappa shape index (κ1) is 18.5. The van der Waals surface area contributed by atoms with Gasteiger partial charge in [0.05, 0.1) is 5.69 Å². The summed E-state index contributed by atoms with van der Waals surface area (Å²) in [5.41, 5.74) is 7.10. The van der Waals surface area contributed by atoms with Crippen molar-refractivity contribution in [3.63, 3.8) is 0 Å². The molecule has 0 atom stereocenters. The first-order valence-electron chi connectivity index (χ1n) is 10.1. The second-order valence-corrected chi connectivity index (χ2v) is 7.63. The van der Waals surface area contributed by atoms with Crippen LogP contribution in [0, 0.1) is 20.8 Å². The highest BCUT2D eigenvalue weighted by atomic mass is 16.5. The number of unbranched alkanes of at least 4 members (excludes halogenated alkanes) is 2. The van der Waals surface area contributed by atoms with Gasteiger partial charge in [-0.3, -0.25) is 4.90 Å². The van der Waals surface area contributed by atoms with Crippen molar-refractivity contribution in [3.05, 3.63) is 65.0 Å². The molecule has 2 aromatic heterocycles. The van der Waals surface area contributed by atoms with Crippen LogP contribution in [0.4, 0.5) is 17.2 Å². The molecule has 4 nitrogen and oxygen atoms in total. The van der Waals surface area contributed by atoms with Crippen LogP contribution < -0.4 is 9.64 Å². The minimum Gasteiger partial charge on any atom is -0.433 e. The lowest BCUT2D eigenvalue weighted by Crippen LogP contribution is -2.20. The number of ether oxygens (including phenoxy) is 1. The monoisotopic (exact) mass is 373 g/mol. The summed E-state index contributed by atoms with van der Waals surface area (Å²) >= 11 is 0. The summed E-state index contributed by atoms with van der Waals surface area (Å²) < 4.78 is 6.04. The number of anilines is 3. The molecule has 28 heavy (non-hydrogen) atoms. The Morgan fingerprint density at radius 2 is 1.79 bits per heavy atom. The maximum absolute atomic E-state index is 6.04. The Morgan fingerprint density at radius 1 is 1.00 bits per heavy atom. The summed E-state index contributed by atoms with van der Waals surface area (Å²) in [5, 5.41) is 0. The van der Waals surface area contributed by atoms with Gasteiger partial charge in [0.25, 0.3) is 0 Å². The number of nitrogens with zero attached hydrogens (tertiary/aromatic N) is 3. The Balaban J connectivity index is 1.84. The molecule has 0 amide bonds. The van der Waals surface area contributed by atoms with Gasteiger partial charge in [0.1, 0.15) is 5.69 Å². The van der Waals surface area contributed by atoms with Crippen LogP contribution in [0.3, 0.4) is 0 Å². The van der Waals surface area contributed by atoms with Gasteiger partial charge in [0.2, 0.25) is 5.88 Å². The molecule has 4 rings (SSSR count). The molecule has 0 saturated heterocycles. The van der Waals surface area contributed by atoms with Crippen molar-refractivity contribution in [1.29, 1.82) is 0 Å². The number of aryl methyl sites for hydroxylation is 4. The smallest absolute Gasteiger partial charge is 0.244 e. The van der Waals surface area contributed by atoms with Gasteiger partial charge in [-0.15, -0.1) is 0 Å². The minimum absolute atomic E-state index is 0.622. The lowest BCUT2D eigenvalue weighted by atomic mass is 9.98. The zero-order chi connectivity index (χ0) is 19.7. The average molecular weight is 374 g/mol. The fourth-order valence-corrected chi connectivity index (χ4v) is 3.98. The van der Waals surface area contributed by atoms with E-state index in [0.29, 0.717) is 5.88 Å². The number of fused-ring (bicyclic) bond motifs is 2. The van der Waals surface area contributed by atoms with Crippen LogP contribution in [-0.4, -0.2) is 9.97 Å². The third-order valence-corrected chi connectivity index (χ3v) is 5.22. The van der Waals surface area contributed by atoms with E-state index < -0.39 is 0 Å². The molecule has 0 saturated carbocycles. The molecule has 0 N–H and O–H groups in total. The van der Waals surface area contributed by atoms with Crippen molar-refractivity contribution in [1.82, 2.24) is 9.97 Å². The topological polar surface area (TPSA) is 38.2 Å². The number of benzene rings is 1. The van der Waals surface area contributed by atoms with Crippen LogP contribution >= 0.6 is 0 Å². The predicted molar refractivity (Wildman–Crippen MR) is 114 cm³/mol. The lowest BCUT2D eigenvalue weighted by molar-refractivity contribution is 0.454. The Kier molecular flexibility index (Phi) is 5.03. The fraction of sp³-hybridized carbons (Fsp3) is 0.333. The van der Waals surface area contributed by atoms with Crippen LogP contribution in [0.15, 0.2) is 42.7 Å². The zero-order valence-electron chi connectivity index (χ0n) is 17.1. The van der Waals surface area contributed by atoms with Crippen molar-refractivity contribution in [2.24, 2.45) is 0 Å². The zero-order valence-corrected chi connectivity index (χ0v) is 17.1. The fourth-order valence-electron chi connectivity index (χ4n) is 3.98. The summed E-state index contributed by atoms with van der Waals surface area (Å²) in [6.07, 6.45) is 8.55. The van der Waals surface area contributed by atoms with E-state index in [1.165, 1.54) is 36.0 Å². The molecule has 0 unspecified atom stereocenters. The maximum Gasteiger partial charge on any atom is 0.244 e. The van der Waals surface area contributed by atoms with E-state index in [1.54, 1.807) is 0 Å². The van der Waals surface area contributed by atoms with Crippen molar-refractivity contribution in [2.75, 3.05) is 4.90 Å². The largest absolute Gasteiger partial charge is 0.433 e. The summed E-state index contributed by atoms with van der Waals surface area (Å²) in [6.45, 7) is 8.67. The molecule has 1 aliphatic rings. The van der Waals surface area contributed by atoms with Gasteiger partial charge in [-0.1, -0.05) is 31.9 Å². The molecular weight excluding hydrogens is 346 g/mol. The number of hydrogen-bond acceptors (Lipinski definition) is 4. The van der Waals surface area contributed by atoms with E-state index in [4.69, 9.17) is 4.74 Å². The highest BCUT2D eigenvalue weighted by Crippen LogP contribution is 2.50. The van der Waals surface area contributed by atoms with E-state index in [-0.39, 0.29) is 0 Å². The molecule has 0 radical (unpaired) electrons. The Morgan fingerprint density at radius 3 is 2.54 bits per heavy atom. The van der Waals surface area contributed by atoms with Gasteiger partial charge >= 0.3 is 0 Å². The SMILES string of the molecule is CCCCCc1cc(C)c(N2c3cc(C)cnc3Oc3cccnc32)c(C)c1. The minimum atomic E-state index is 0.622. The van der Waals surface area contributed by atoms with E-state index in [2.05, 4.69) is 60.8 Å². The molecular formula is C24H27N3O. The van der Waals surface area contributed by atoms with E-state index in [9.17, 15) is 0 Å². The van der Waals surface area contributed by atoms with Crippen LogP contribution in [-0.2, 0) is 6.42 Å². The van der Waals surface area contributed by atoms with Gasteiger partial charge in [-0.25, -0.2) is 9.97 Å². The van der Waals surface area contributed by atoms with Crippen LogP contribution in [0.25, 0.3) is 0 Å². The molecule has 0 spiro atoms. The highest BCUT2D eigenvalue weighted by Gasteiger charge is 2.30. The normalized spacial score (nSPS) is 12.4. The van der Waals surface area contributed by atoms with Gasteiger partial charge in [0.15, 0.2) is 11.6 Å². The predicted octanol–water partition coefficient (Wildman–Crippen LogP) is 6.71. The molecule has 1 aromatic carbocycles. The molecule has 4 heteroatoms. The molecule has 3 heterocycles. The summed E-state index contributed by atoms with van der Waals surface area (Å²) in [7, 11) is 0. The number of rotatable bonds is 5. The van der Waals surface area contributed by atoms with E-state index in [1.807, 2.05) is 24.5 Å². The summed E-state index contributed by atoms with van der Waals surface area (Å²) in [5.74, 6) is 2.17. The Hall–Kier alpha value is -2.88. The average Bonchev–Trinajstić information content (AvgIpc) is 2.67. The van der Waals surface area contributed by atoms with Crippen molar-refractivity contribution >= 4 is 17.2 Å². The second-order valence-electron chi connectivity index (χ2n) is 7.63. The molecule has 144 valence electrons. The quantitative estimate of drug-likeness (QED) is 0.364. The molecule has 3 aromatic rings. The third kappa shape index (κ3) is 3.35. The lowest BCUT2D eigenvalue weighted by Gasteiger charge is -2.33. The summed E-state index contributed by atoms with van der Waals surface area (Å²) in [6, 6.07) is 10.6. The van der Waals surface area contributed by atoms with Crippen LogP contribution in [0.2, 0.25) is 0 Å². The van der Waals surface area contributed by atoms with E-state index >= 15 is 0 Å². The molecule has 0 bridgehead atoms. The van der Waals surface area contributed by atoms with Crippen LogP contribution in [0.5, 0.6) is 11.6 Å². The molecule has 0 aliphatic carbocycles. The Bertz CT molecular complexity index is 989. The van der Waals surface area contributed by atoms with Crippen molar-refractivity contribution in [2.45, 2.75) is 53.4 Å². The first-order chi connectivity index (χ1) is 13.6. The van der Waals surface area contributed by atoms with Gasteiger partial charge in [0, 0.05) is 12.4 Å². The highest BCUT2D eigenvalue weighted by molar-refractivity contribution is 5.86. The number of hydrogen-bond donors (Lipinski definition) is 0. The molecule has 1 aliphatic heterocycles. The summed E-state index contributed by atoms with van der Waals surface area (Å²) in [4.78, 5) is 11.4. The molecule has 0 fully saturated rings. The maximum atomic E-state index is 6.04.